The van der Waals surface area contributed by atoms with E-state index >= 15 is 0 Å². The minimum Gasteiger partial charge on any atom is -0.330 e. The molecule has 0 saturated carbocycles. The summed E-state index contributed by atoms with van der Waals surface area (Å²) in [5.41, 5.74) is 7.46. The van der Waals surface area contributed by atoms with Crippen molar-refractivity contribution in [2.75, 3.05) is 6.54 Å². The Bertz CT molecular complexity index is 513. The van der Waals surface area contributed by atoms with E-state index in [2.05, 4.69) is 10.6 Å². The van der Waals surface area contributed by atoms with Crippen molar-refractivity contribution >= 4 is 11.9 Å². The van der Waals surface area contributed by atoms with Gasteiger partial charge in [0.1, 0.15) is 5.54 Å². The summed E-state index contributed by atoms with van der Waals surface area (Å²) in [6.07, 6.45) is 0.383. The molecule has 1 unspecified atom stereocenters. The van der Waals surface area contributed by atoms with Crippen molar-refractivity contribution in [2.24, 2.45) is 5.73 Å². The zero-order valence-electron chi connectivity index (χ0n) is 10.5. The Morgan fingerprint density at radius 2 is 2.00 bits per heavy atom. The molecule has 1 aromatic rings. The van der Waals surface area contributed by atoms with Crippen LogP contribution >= 0.6 is 0 Å². The molecule has 2 rings (SSSR count). The van der Waals surface area contributed by atoms with Crippen LogP contribution in [0.2, 0.25) is 0 Å². The molecule has 5 heteroatoms. The average Bonchev–Trinajstić information content (AvgIpc) is 2.54. The second-order valence-corrected chi connectivity index (χ2v) is 4.67. The molecule has 0 spiro atoms. The first-order valence-corrected chi connectivity index (χ1v) is 5.91. The maximum Gasteiger partial charge on any atom is 0.322 e. The van der Waals surface area contributed by atoms with Gasteiger partial charge in [0.25, 0.3) is 5.91 Å². The van der Waals surface area contributed by atoms with Crippen LogP contribution in [-0.2, 0) is 10.3 Å². The van der Waals surface area contributed by atoms with E-state index in [0.717, 1.165) is 16.7 Å². The van der Waals surface area contributed by atoms with Crippen LogP contribution in [0.25, 0.3) is 0 Å². The number of benzene rings is 1. The molecule has 0 aliphatic carbocycles. The fourth-order valence-corrected chi connectivity index (χ4v) is 2.50. The number of nitrogens with one attached hydrogen (secondary N) is 2. The summed E-state index contributed by atoms with van der Waals surface area (Å²) in [4.78, 5) is 23.5. The first-order chi connectivity index (χ1) is 8.49. The quantitative estimate of drug-likeness (QED) is 0.687. The Hall–Kier alpha value is -1.88. The monoisotopic (exact) mass is 247 g/mol. The number of hydrogen-bond donors (Lipinski definition) is 3. The van der Waals surface area contributed by atoms with E-state index in [1.165, 1.54) is 0 Å². The summed E-state index contributed by atoms with van der Waals surface area (Å²) in [6.45, 7) is 4.24. The summed E-state index contributed by atoms with van der Waals surface area (Å²) in [6, 6.07) is 5.34. The molecule has 1 heterocycles. The highest BCUT2D eigenvalue weighted by Crippen LogP contribution is 2.31. The standard InChI is InChI=1S/C13H17N3O2/c1-8-3-4-10(9(2)7-8)13(5-6-14)11(17)15-12(18)16-13/h3-4,7H,5-6,14H2,1-2H3,(H2,15,16,17,18). The third kappa shape index (κ3) is 1.86. The molecule has 0 radical (unpaired) electrons. The van der Waals surface area contributed by atoms with Gasteiger partial charge in [0.2, 0.25) is 0 Å². The van der Waals surface area contributed by atoms with Crippen LogP contribution in [0, 0.1) is 13.8 Å². The predicted octanol–water partition coefficient (Wildman–Crippen LogP) is 0.687. The fraction of sp³-hybridized carbons (Fsp3) is 0.385. The molecule has 1 aromatic carbocycles. The molecule has 3 amide bonds. The molecule has 1 atom stereocenters. The molecule has 1 saturated heterocycles. The lowest BCUT2D eigenvalue weighted by Gasteiger charge is -2.27. The first-order valence-electron chi connectivity index (χ1n) is 5.91. The van der Waals surface area contributed by atoms with Crippen molar-refractivity contribution in [2.45, 2.75) is 25.8 Å². The Kier molecular flexibility index (Phi) is 3.09. The minimum absolute atomic E-state index is 0.320. The van der Waals surface area contributed by atoms with E-state index in [1.54, 1.807) is 0 Å². The molecular weight excluding hydrogens is 230 g/mol. The zero-order chi connectivity index (χ0) is 13.3. The van der Waals surface area contributed by atoms with Gasteiger partial charge in [0, 0.05) is 0 Å². The third-order valence-electron chi connectivity index (χ3n) is 3.30. The first kappa shape index (κ1) is 12.6. The smallest absolute Gasteiger partial charge is 0.322 e. The summed E-state index contributed by atoms with van der Waals surface area (Å²) < 4.78 is 0. The van der Waals surface area contributed by atoms with Gasteiger partial charge in [0.15, 0.2) is 0 Å². The zero-order valence-corrected chi connectivity index (χ0v) is 10.5. The SMILES string of the molecule is Cc1ccc(C2(CCN)NC(=O)NC2=O)c(C)c1. The topological polar surface area (TPSA) is 84.2 Å². The Balaban J connectivity index is 2.54. The Labute approximate surface area is 106 Å². The number of rotatable bonds is 3. The van der Waals surface area contributed by atoms with Gasteiger partial charge in [0.05, 0.1) is 0 Å². The van der Waals surface area contributed by atoms with E-state index in [4.69, 9.17) is 5.73 Å². The van der Waals surface area contributed by atoms with Gasteiger partial charge < -0.3 is 11.1 Å². The Morgan fingerprint density at radius 3 is 2.50 bits per heavy atom. The Morgan fingerprint density at radius 1 is 1.28 bits per heavy atom. The molecule has 96 valence electrons. The van der Waals surface area contributed by atoms with Crippen LogP contribution in [-0.4, -0.2) is 18.5 Å². The number of urea groups is 1. The lowest BCUT2D eigenvalue weighted by molar-refractivity contribution is -0.124. The van der Waals surface area contributed by atoms with Crippen LogP contribution in [0.4, 0.5) is 4.79 Å². The summed E-state index contributed by atoms with van der Waals surface area (Å²) in [7, 11) is 0. The molecule has 1 aliphatic heterocycles. The van der Waals surface area contributed by atoms with Crippen LogP contribution in [0.15, 0.2) is 18.2 Å². The summed E-state index contributed by atoms with van der Waals surface area (Å²) in [5.74, 6) is -0.329. The number of hydrogen-bond acceptors (Lipinski definition) is 3. The van der Waals surface area contributed by atoms with Gasteiger partial charge >= 0.3 is 6.03 Å². The van der Waals surface area contributed by atoms with E-state index in [1.807, 2.05) is 32.0 Å². The highest BCUT2D eigenvalue weighted by atomic mass is 16.2. The van der Waals surface area contributed by atoms with Gasteiger partial charge in [-0.15, -0.1) is 0 Å². The van der Waals surface area contributed by atoms with Crippen molar-refractivity contribution in [1.82, 2.24) is 10.6 Å². The summed E-state index contributed by atoms with van der Waals surface area (Å²) in [5, 5.41) is 5.00. The van der Waals surface area contributed by atoms with Crippen molar-refractivity contribution in [3.05, 3.63) is 34.9 Å². The molecule has 1 aliphatic rings. The second kappa shape index (κ2) is 4.42. The van der Waals surface area contributed by atoms with Crippen molar-refractivity contribution < 1.29 is 9.59 Å². The van der Waals surface area contributed by atoms with E-state index in [0.29, 0.717) is 13.0 Å². The van der Waals surface area contributed by atoms with Crippen molar-refractivity contribution in [3.63, 3.8) is 0 Å². The van der Waals surface area contributed by atoms with Crippen molar-refractivity contribution in [3.8, 4) is 0 Å². The average molecular weight is 247 g/mol. The highest BCUT2D eigenvalue weighted by molar-refractivity contribution is 6.07. The molecule has 4 N–H and O–H groups in total. The highest BCUT2D eigenvalue weighted by Gasteiger charge is 2.47. The number of carbonyl (C=O) groups is 2. The van der Waals surface area contributed by atoms with Gasteiger partial charge in [-0.05, 0) is 37.9 Å². The molecule has 0 aromatic heterocycles. The number of nitrogens with two attached hydrogens (primary N) is 1. The van der Waals surface area contributed by atoms with Crippen LogP contribution < -0.4 is 16.4 Å². The fourth-order valence-electron chi connectivity index (χ4n) is 2.50. The lowest BCUT2D eigenvalue weighted by atomic mass is 9.83. The minimum atomic E-state index is -1.02. The number of carbonyl (C=O) groups excluding carboxylic acids is 2. The number of aryl methyl sites for hydroxylation is 2. The predicted molar refractivity (Wildman–Crippen MR) is 67.9 cm³/mol. The van der Waals surface area contributed by atoms with Gasteiger partial charge in [-0.3, -0.25) is 10.1 Å². The van der Waals surface area contributed by atoms with Crippen LogP contribution in [0.1, 0.15) is 23.1 Å². The maximum absolute atomic E-state index is 12.1. The number of imide groups is 1. The normalized spacial score (nSPS) is 22.8. The lowest BCUT2D eigenvalue weighted by Crippen LogP contribution is -2.45. The van der Waals surface area contributed by atoms with Gasteiger partial charge in [-0.1, -0.05) is 23.8 Å². The van der Waals surface area contributed by atoms with Crippen LogP contribution in [0.5, 0.6) is 0 Å². The van der Waals surface area contributed by atoms with Gasteiger partial charge in [-0.2, -0.15) is 0 Å². The third-order valence-corrected chi connectivity index (χ3v) is 3.30. The molecule has 0 bridgehead atoms. The molecule has 18 heavy (non-hydrogen) atoms. The maximum atomic E-state index is 12.1. The van der Waals surface area contributed by atoms with Crippen molar-refractivity contribution in [1.29, 1.82) is 0 Å². The van der Waals surface area contributed by atoms with E-state index in [-0.39, 0.29) is 5.91 Å². The molecule has 5 nitrogen and oxygen atoms in total. The van der Waals surface area contributed by atoms with Gasteiger partial charge in [-0.25, -0.2) is 4.79 Å². The van der Waals surface area contributed by atoms with E-state index in [9.17, 15) is 9.59 Å². The van der Waals surface area contributed by atoms with Crippen LogP contribution in [0.3, 0.4) is 0 Å². The largest absolute Gasteiger partial charge is 0.330 e. The molecular formula is C13H17N3O2. The molecule has 1 fully saturated rings. The number of amides is 3. The van der Waals surface area contributed by atoms with E-state index < -0.39 is 11.6 Å². The second-order valence-electron chi connectivity index (χ2n) is 4.67. The summed E-state index contributed by atoms with van der Waals surface area (Å²) >= 11 is 0.